The van der Waals surface area contributed by atoms with Gasteiger partial charge in [-0.25, -0.2) is 12.8 Å². The summed E-state index contributed by atoms with van der Waals surface area (Å²) in [7, 11) is -3.36. The first kappa shape index (κ1) is 19.2. The van der Waals surface area contributed by atoms with Gasteiger partial charge in [-0.1, -0.05) is 6.07 Å². The lowest BCUT2D eigenvalue weighted by atomic mass is 10.1. The maximum Gasteiger partial charge on any atom is 0.251 e. The quantitative estimate of drug-likeness (QED) is 0.766. The van der Waals surface area contributed by atoms with Crippen molar-refractivity contribution in [3.63, 3.8) is 0 Å². The first-order chi connectivity index (χ1) is 12.8. The molecule has 1 N–H and O–H groups in total. The Morgan fingerprint density at radius 1 is 1.30 bits per heavy atom. The summed E-state index contributed by atoms with van der Waals surface area (Å²) in [4.78, 5) is 12.3. The van der Waals surface area contributed by atoms with Gasteiger partial charge in [-0.2, -0.15) is 0 Å². The molecule has 3 rings (SSSR count). The number of nitrogens with one attached hydrogen (secondary N) is 1. The van der Waals surface area contributed by atoms with Crippen LogP contribution >= 0.6 is 0 Å². The third-order valence-electron chi connectivity index (χ3n) is 4.30. The molecule has 2 aromatic carbocycles. The zero-order valence-electron chi connectivity index (χ0n) is 15.1. The Balaban J connectivity index is 1.59. The monoisotopic (exact) mass is 392 g/mol. The summed E-state index contributed by atoms with van der Waals surface area (Å²) in [5.74, 6) is -0.255. The van der Waals surface area contributed by atoms with E-state index >= 15 is 0 Å². The van der Waals surface area contributed by atoms with Gasteiger partial charge in [0, 0.05) is 17.7 Å². The molecular formula is C19H21FN2O4S. The van der Waals surface area contributed by atoms with Crippen LogP contribution in [0.1, 0.15) is 22.8 Å². The Morgan fingerprint density at radius 3 is 2.78 bits per heavy atom. The van der Waals surface area contributed by atoms with Crippen LogP contribution in [0.4, 0.5) is 10.1 Å². The molecule has 1 heterocycles. The SMILES string of the molecule is CC1Cc2cc(C(=O)NCCOc3cccc(F)c3)ccc2N1S(C)(=O)=O. The van der Waals surface area contributed by atoms with Crippen LogP contribution in [-0.4, -0.2) is 39.8 Å². The Hall–Kier alpha value is -2.61. The van der Waals surface area contributed by atoms with E-state index in [9.17, 15) is 17.6 Å². The number of nitrogens with zero attached hydrogens (tertiary/aromatic N) is 1. The lowest BCUT2D eigenvalue weighted by Crippen LogP contribution is -2.34. The van der Waals surface area contributed by atoms with Crippen molar-refractivity contribution in [1.82, 2.24) is 5.32 Å². The van der Waals surface area contributed by atoms with E-state index in [0.29, 0.717) is 23.4 Å². The van der Waals surface area contributed by atoms with Gasteiger partial charge in [0.05, 0.1) is 18.5 Å². The standard InChI is InChI=1S/C19H21FN2O4S/c1-13-10-15-11-14(6-7-18(15)22(13)27(2,24)25)19(23)21-8-9-26-17-5-3-4-16(20)12-17/h3-7,11-13H,8-10H2,1-2H3,(H,21,23). The van der Waals surface area contributed by atoms with Gasteiger partial charge in [0.1, 0.15) is 18.2 Å². The van der Waals surface area contributed by atoms with Crippen LogP contribution in [0.5, 0.6) is 5.75 Å². The van der Waals surface area contributed by atoms with Crippen molar-refractivity contribution in [3.05, 3.63) is 59.4 Å². The Kier molecular flexibility index (Phi) is 5.36. The van der Waals surface area contributed by atoms with Crippen LogP contribution in [0.2, 0.25) is 0 Å². The van der Waals surface area contributed by atoms with Gasteiger partial charge in [0.2, 0.25) is 10.0 Å². The van der Waals surface area contributed by atoms with Crippen molar-refractivity contribution in [2.75, 3.05) is 23.7 Å². The number of anilines is 1. The smallest absolute Gasteiger partial charge is 0.251 e. The van der Waals surface area contributed by atoms with Crippen molar-refractivity contribution >= 4 is 21.6 Å². The molecule has 0 saturated carbocycles. The summed E-state index contributed by atoms with van der Waals surface area (Å²) in [5.41, 5.74) is 1.91. The highest BCUT2D eigenvalue weighted by Gasteiger charge is 2.32. The fourth-order valence-corrected chi connectivity index (χ4v) is 4.51. The molecule has 1 aliphatic rings. The van der Waals surface area contributed by atoms with Gasteiger partial charge < -0.3 is 10.1 Å². The Bertz CT molecular complexity index is 962. The predicted octanol–water partition coefficient (Wildman–Crippen LogP) is 2.35. The Morgan fingerprint density at radius 2 is 2.07 bits per heavy atom. The molecule has 1 aliphatic heterocycles. The molecule has 0 radical (unpaired) electrons. The van der Waals surface area contributed by atoms with Crippen LogP contribution < -0.4 is 14.4 Å². The summed E-state index contributed by atoms with van der Waals surface area (Å²) < 4.78 is 43.7. The zero-order valence-corrected chi connectivity index (χ0v) is 15.9. The molecular weight excluding hydrogens is 371 g/mol. The maximum atomic E-state index is 13.1. The topological polar surface area (TPSA) is 75.7 Å². The minimum atomic E-state index is -3.36. The number of ether oxygens (including phenoxy) is 1. The van der Waals surface area contributed by atoms with Crippen molar-refractivity contribution in [2.45, 2.75) is 19.4 Å². The third kappa shape index (κ3) is 4.39. The molecule has 0 spiro atoms. The molecule has 2 aromatic rings. The number of amides is 1. The second kappa shape index (κ2) is 7.56. The lowest BCUT2D eigenvalue weighted by Gasteiger charge is -2.21. The summed E-state index contributed by atoms with van der Waals surface area (Å²) in [6, 6.07) is 10.6. The van der Waals surface area contributed by atoms with E-state index in [0.717, 1.165) is 5.56 Å². The summed E-state index contributed by atoms with van der Waals surface area (Å²) >= 11 is 0. The normalized spacial score (nSPS) is 16.1. The highest BCUT2D eigenvalue weighted by atomic mass is 32.2. The van der Waals surface area contributed by atoms with Gasteiger partial charge in [-0.05, 0) is 49.2 Å². The van der Waals surface area contributed by atoms with E-state index in [2.05, 4.69) is 5.32 Å². The molecule has 8 heteroatoms. The molecule has 1 amide bonds. The van der Waals surface area contributed by atoms with Crippen LogP contribution in [0.3, 0.4) is 0 Å². The number of fused-ring (bicyclic) bond motifs is 1. The van der Waals surface area contributed by atoms with E-state index in [1.807, 2.05) is 6.92 Å². The fraction of sp³-hybridized carbons (Fsp3) is 0.316. The van der Waals surface area contributed by atoms with Crippen molar-refractivity contribution in [3.8, 4) is 5.75 Å². The fourth-order valence-electron chi connectivity index (χ4n) is 3.24. The molecule has 144 valence electrons. The van der Waals surface area contributed by atoms with Crippen LogP contribution in [0.25, 0.3) is 0 Å². The van der Waals surface area contributed by atoms with Crippen molar-refractivity contribution < 1.29 is 22.3 Å². The average molecular weight is 392 g/mol. The minimum Gasteiger partial charge on any atom is -0.492 e. The largest absolute Gasteiger partial charge is 0.492 e. The molecule has 6 nitrogen and oxygen atoms in total. The van der Waals surface area contributed by atoms with Gasteiger partial charge in [0.15, 0.2) is 0 Å². The molecule has 0 aromatic heterocycles. The molecule has 0 aliphatic carbocycles. The van der Waals surface area contributed by atoms with E-state index < -0.39 is 10.0 Å². The second-order valence-electron chi connectivity index (χ2n) is 6.52. The zero-order chi connectivity index (χ0) is 19.6. The Labute approximate surface area is 158 Å². The number of carbonyl (C=O) groups excluding carboxylic acids is 1. The van der Waals surface area contributed by atoms with Crippen LogP contribution in [-0.2, 0) is 16.4 Å². The van der Waals surface area contributed by atoms with E-state index in [-0.39, 0.29) is 30.9 Å². The second-order valence-corrected chi connectivity index (χ2v) is 8.38. The maximum absolute atomic E-state index is 13.1. The molecule has 0 saturated heterocycles. The highest BCUT2D eigenvalue weighted by Crippen LogP contribution is 2.34. The van der Waals surface area contributed by atoms with Crippen molar-refractivity contribution in [2.24, 2.45) is 0 Å². The molecule has 1 atom stereocenters. The van der Waals surface area contributed by atoms with E-state index in [1.54, 1.807) is 30.3 Å². The van der Waals surface area contributed by atoms with Crippen LogP contribution in [0, 0.1) is 5.82 Å². The summed E-state index contributed by atoms with van der Waals surface area (Å²) in [6.07, 6.45) is 1.74. The van der Waals surface area contributed by atoms with Gasteiger partial charge in [-0.3, -0.25) is 9.10 Å². The molecule has 0 fully saturated rings. The predicted molar refractivity (Wildman–Crippen MR) is 101 cm³/mol. The molecule has 1 unspecified atom stereocenters. The first-order valence-corrected chi connectivity index (χ1v) is 10.4. The molecule has 27 heavy (non-hydrogen) atoms. The average Bonchev–Trinajstić information content (AvgIpc) is 2.93. The van der Waals surface area contributed by atoms with Crippen molar-refractivity contribution in [1.29, 1.82) is 0 Å². The number of halogens is 1. The van der Waals surface area contributed by atoms with Crippen LogP contribution in [0.15, 0.2) is 42.5 Å². The third-order valence-corrected chi connectivity index (χ3v) is 5.58. The highest BCUT2D eigenvalue weighted by molar-refractivity contribution is 7.92. The van der Waals surface area contributed by atoms with Gasteiger partial charge in [-0.15, -0.1) is 0 Å². The number of hydrogen-bond donors (Lipinski definition) is 1. The van der Waals surface area contributed by atoms with Gasteiger partial charge >= 0.3 is 0 Å². The number of hydrogen-bond acceptors (Lipinski definition) is 4. The lowest BCUT2D eigenvalue weighted by molar-refractivity contribution is 0.0947. The van der Waals surface area contributed by atoms with E-state index in [1.165, 1.54) is 22.7 Å². The summed E-state index contributed by atoms with van der Waals surface area (Å²) in [5, 5.41) is 2.74. The molecule has 0 bridgehead atoms. The summed E-state index contributed by atoms with van der Waals surface area (Å²) in [6.45, 7) is 2.31. The minimum absolute atomic E-state index is 0.173. The first-order valence-electron chi connectivity index (χ1n) is 8.54. The number of carbonyl (C=O) groups is 1. The number of sulfonamides is 1. The number of rotatable bonds is 6. The van der Waals surface area contributed by atoms with Gasteiger partial charge in [0.25, 0.3) is 5.91 Å². The number of benzene rings is 2. The van der Waals surface area contributed by atoms with E-state index in [4.69, 9.17) is 4.74 Å².